The number of aromatic nitrogens is 3. The number of aryl methyl sites for hydroxylation is 1. The average Bonchev–Trinajstić information content (AvgIpc) is 3.46. The van der Waals surface area contributed by atoms with E-state index in [9.17, 15) is 4.79 Å². The van der Waals surface area contributed by atoms with Gasteiger partial charge in [0.1, 0.15) is 23.9 Å². The number of nitrogens with one attached hydrogen (secondary N) is 1. The van der Waals surface area contributed by atoms with E-state index in [0.29, 0.717) is 24.2 Å². The molecule has 9 nitrogen and oxygen atoms in total. The van der Waals surface area contributed by atoms with Crippen molar-refractivity contribution >= 4 is 11.7 Å². The average molecular weight is 483 g/mol. The Balaban J connectivity index is 1.46. The highest BCUT2D eigenvalue weighted by Gasteiger charge is 2.25. The van der Waals surface area contributed by atoms with Gasteiger partial charge in [0.2, 0.25) is 5.91 Å². The molecule has 1 saturated heterocycles. The van der Waals surface area contributed by atoms with Crippen LogP contribution >= 0.6 is 0 Å². The number of fused-ring (bicyclic) bond motifs is 1. The molecule has 1 fully saturated rings. The number of carbonyl (C=O) groups excluding carboxylic acids is 1. The third-order valence-corrected chi connectivity index (χ3v) is 6.37. The molecule has 0 spiro atoms. The smallest absolute Gasteiger partial charge is 0.239 e. The highest BCUT2D eigenvalue weighted by molar-refractivity contribution is 5.82. The van der Waals surface area contributed by atoms with Gasteiger partial charge < -0.3 is 19.7 Å². The number of likely N-dealkylation sites (tertiary alicyclic amines) is 1. The molecule has 1 aliphatic carbocycles. The Morgan fingerprint density at radius 1 is 1.29 bits per heavy atom. The number of pyridine rings is 1. The molecule has 2 aromatic rings. The Morgan fingerprint density at radius 2 is 2.11 bits per heavy atom. The number of likely N-dealkylation sites (N-methyl/N-ethyl adjacent to an activating group) is 1. The van der Waals surface area contributed by atoms with E-state index in [1.807, 2.05) is 44.9 Å². The van der Waals surface area contributed by atoms with Crippen LogP contribution in [-0.2, 0) is 22.4 Å². The first-order valence-corrected chi connectivity index (χ1v) is 12.5. The van der Waals surface area contributed by atoms with Crippen molar-refractivity contribution in [2.45, 2.75) is 58.1 Å². The summed E-state index contributed by atoms with van der Waals surface area (Å²) >= 11 is 0. The van der Waals surface area contributed by atoms with Gasteiger partial charge in [0.15, 0.2) is 5.82 Å². The van der Waals surface area contributed by atoms with Gasteiger partial charge in [0.25, 0.3) is 0 Å². The summed E-state index contributed by atoms with van der Waals surface area (Å²) in [6.07, 6.45) is 6.01. The molecular formula is C26H38N6O3. The van der Waals surface area contributed by atoms with Crippen LogP contribution in [0.1, 0.15) is 44.9 Å². The van der Waals surface area contributed by atoms with E-state index in [4.69, 9.17) is 19.4 Å². The summed E-state index contributed by atoms with van der Waals surface area (Å²) < 4.78 is 11.5. The largest absolute Gasteiger partial charge is 0.492 e. The van der Waals surface area contributed by atoms with Crippen LogP contribution in [0.3, 0.4) is 0 Å². The summed E-state index contributed by atoms with van der Waals surface area (Å²) in [6.45, 7) is 9.62. The normalized spacial score (nSPS) is 17.9. The molecule has 4 rings (SSSR count). The van der Waals surface area contributed by atoms with Crippen LogP contribution < -0.4 is 15.0 Å². The van der Waals surface area contributed by atoms with E-state index in [0.717, 1.165) is 68.1 Å². The van der Waals surface area contributed by atoms with Gasteiger partial charge in [-0.2, -0.15) is 0 Å². The van der Waals surface area contributed by atoms with Gasteiger partial charge in [-0.25, -0.2) is 9.97 Å². The van der Waals surface area contributed by atoms with Crippen molar-refractivity contribution in [3.8, 4) is 17.3 Å². The predicted molar refractivity (Wildman–Crippen MR) is 136 cm³/mol. The molecule has 1 aliphatic heterocycles. The third kappa shape index (κ3) is 6.67. The molecule has 2 aromatic heterocycles. The lowest BCUT2D eigenvalue weighted by molar-refractivity contribution is -0.121. The fourth-order valence-electron chi connectivity index (χ4n) is 4.70. The lowest BCUT2D eigenvalue weighted by Crippen LogP contribution is -2.45. The fraction of sp³-hybridized carbons (Fsp3) is 0.615. The van der Waals surface area contributed by atoms with Crippen molar-refractivity contribution in [2.75, 3.05) is 51.8 Å². The highest BCUT2D eigenvalue weighted by Crippen LogP contribution is 2.31. The lowest BCUT2D eigenvalue weighted by Gasteiger charge is -2.25. The molecule has 190 valence electrons. The van der Waals surface area contributed by atoms with Crippen molar-refractivity contribution in [3.05, 3.63) is 29.6 Å². The fourth-order valence-corrected chi connectivity index (χ4v) is 4.70. The van der Waals surface area contributed by atoms with E-state index < -0.39 is 0 Å². The van der Waals surface area contributed by atoms with Gasteiger partial charge in [0.05, 0.1) is 12.6 Å². The maximum atomic E-state index is 12.5. The Hall–Kier alpha value is -2.78. The minimum Gasteiger partial charge on any atom is -0.492 e. The van der Waals surface area contributed by atoms with E-state index in [2.05, 4.69) is 15.2 Å². The van der Waals surface area contributed by atoms with Gasteiger partial charge in [-0.15, -0.1) is 0 Å². The maximum Gasteiger partial charge on any atom is 0.239 e. The molecule has 1 atom stereocenters. The van der Waals surface area contributed by atoms with Gasteiger partial charge >= 0.3 is 0 Å². The second-order valence-electron chi connectivity index (χ2n) is 10.5. The van der Waals surface area contributed by atoms with Crippen LogP contribution in [0, 0.1) is 0 Å². The minimum absolute atomic E-state index is 0.0322. The minimum atomic E-state index is -0.276. The van der Waals surface area contributed by atoms with Crippen molar-refractivity contribution in [3.63, 3.8) is 0 Å². The zero-order chi connectivity index (χ0) is 25.0. The predicted octanol–water partition coefficient (Wildman–Crippen LogP) is 2.48. The third-order valence-electron chi connectivity index (χ3n) is 6.37. The van der Waals surface area contributed by atoms with Gasteiger partial charge in [-0.3, -0.25) is 14.7 Å². The summed E-state index contributed by atoms with van der Waals surface area (Å²) in [5, 5.41) is 3.02. The number of hydrogen-bond donors (Lipinski definition) is 1. The summed E-state index contributed by atoms with van der Waals surface area (Å²) in [5.74, 6) is 2.09. The topological polar surface area (TPSA) is 92.7 Å². The monoisotopic (exact) mass is 482 g/mol. The Labute approximate surface area is 208 Å². The quantitative estimate of drug-likeness (QED) is 0.583. The number of rotatable bonds is 9. The highest BCUT2D eigenvalue weighted by atomic mass is 16.5. The second-order valence-corrected chi connectivity index (χ2v) is 10.5. The molecule has 3 heterocycles. The van der Waals surface area contributed by atoms with Gasteiger partial charge in [0, 0.05) is 62.9 Å². The summed E-state index contributed by atoms with van der Waals surface area (Å²) in [7, 11) is 3.68. The van der Waals surface area contributed by atoms with Gasteiger partial charge in [-0.1, -0.05) is 0 Å². The van der Waals surface area contributed by atoms with Crippen LogP contribution in [-0.4, -0.2) is 84.3 Å². The number of carbonyl (C=O) groups is 1. The molecule has 1 N–H and O–H groups in total. The van der Waals surface area contributed by atoms with Crippen molar-refractivity contribution in [1.82, 2.24) is 25.2 Å². The molecule has 2 aliphatic rings. The van der Waals surface area contributed by atoms with Crippen LogP contribution in [0.2, 0.25) is 0 Å². The van der Waals surface area contributed by atoms with Crippen LogP contribution in [0.25, 0.3) is 11.5 Å². The molecule has 0 aromatic carbocycles. The Kier molecular flexibility index (Phi) is 7.86. The summed E-state index contributed by atoms with van der Waals surface area (Å²) in [4.78, 5) is 31.0. The number of nitrogens with zero attached hydrogens (tertiary/aromatic N) is 5. The van der Waals surface area contributed by atoms with Gasteiger partial charge in [-0.05, 0) is 52.5 Å². The first kappa shape index (κ1) is 25.3. The number of amides is 1. The zero-order valence-corrected chi connectivity index (χ0v) is 21.6. The first-order valence-electron chi connectivity index (χ1n) is 12.5. The molecular weight excluding hydrogens is 444 g/mol. The van der Waals surface area contributed by atoms with Crippen LogP contribution in [0.15, 0.2) is 18.3 Å². The summed E-state index contributed by atoms with van der Waals surface area (Å²) in [5.41, 5.74) is 2.57. The van der Waals surface area contributed by atoms with Crippen molar-refractivity contribution < 1.29 is 14.3 Å². The summed E-state index contributed by atoms with van der Waals surface area (Å²) in [6, 6.07) is 3.76. The molecule has 1 unspecified atom stereocenters. The van der Waals surface area contributed by atoms with E-state index in [-0.39, 0.29) is 18.0 Å². The maximum absolute atomic E-state index is 12.5. The van der Waals surface area contributed by atoms with Crippen LogP contribution in [0.4, 0.5) is 5.82 Å². The molecule has 35 heavy (non-hydrogen) atoms. The SMILES string of the molecule is COC1CCN(CCOc2ccnc(-c3nc4c(c(N(C)CC(=O)NC(C)(C)C)n3)CCC4)c2)C1. The standard InChI is InChI=1S/C26H38N6O3/c1-26(2,3)30-23(33)17-31(4)25-20-7-6-8-21(20)28-24(29-25)22-15-18(9-11-27-22)35-14-13-32-12-10-19(16-32)34-5/h9,11,15,19H,6-8,10,12-14,16-17H2,1-5H3,(H,30,33). The molecule has 0 radical (unpaired) electrons. The number of ether oxygens (including phenoxy) is 2. The molecule has 0 saturated carbocycles. The Bertz CT molecular complexity index is 1040. The lowest BCUT2D eigenvalue weighted by atomic mass is 10.1. The van der Waals surface area contributed by atoms with E-state index >= 15 is 0 Å². The van der Waals surface area contributed by atoms with Crippen LogP contribution in [0.5, 0.6) is 5.75 Å². The molecule has 9 heteroatoms. The Morgan fingerprint density at radius 3 is 2.86 bits per heavy atom. The second kappa shape index (κ2) is 10.9. The van der Waals surface area contributed by atoms with Crippen molar-refractivity contribution in [1.29, 1.82) is 0 Å². The number of anilines is 1. The van der Waals surface area contributed by atoms with E-state index in [1.165, 1.54) is 0 Å². The number of methoxy groups -OCH3 is 1. The zero-order valence-electron chi connectivity index (χ0n) is 21.6. The molecule has 1 amide bonds. The molecule has 0 bridgehead atoms. The van der Waals surface area contributed by atoms with E-state index in [1.54, 1.807) is 13.3 Å². The number of hydrogen-bond acceptors (Lipinski definition) is 8. The van der Waals surface area contributed by atoms with Crippen molar-refractivity contribution in [2.24, 2.45) is 0 Å². The first-order chi connectivity index (χ1) is 16.7.